The van der Waals surface area contributed by atoms with Gasteiger partial charge >= 0.3 is 5.97 Å². The maximum Gasteiger partial charge on any atom is 0.343 e. The van der Waals surface area contributed by atoms with Crippen LogP contribution in [0.1, 0.15) is 21.5 Å². The van der Waals surface area contributed by atoms with E-state index in [2.05, 4.69) is 0 Å². The molecule has 0 bridgehead atoms. The fourth-order valence-electron chi connectivity index (χ4n) is 3.15. The second-order valence-corrected chi connectivity index (χ2v) is 8.63. The number of benzene rings is 3. The Labute approximate surface area is 207 Å². The van der Waals surface area contributed by atoms with Gasteiger partial charge in [-0.15, -0.1) is 0 Å². The van der Waals surface area contributed by atoms with Crippen molar-refractivity contribution in [3.8, 4) is 5.75 Å². The second-order valence-electron chi connectivity index (χ2n) is 7.23. The van der Waals surface area contributed by atoms with Crippen molar-refractivity contribution in [1.82, 2.24) is 4.90 Å². The number of halogens is 2. The molecule has 1 heterocycles. The number of amides is 2. The van der Waals surface area contributed by atoms with Crippen LogP contribution < -0.4 is 4.74 Å². The van der Waals surface area contributed by atoms with Crippen LogP contribution in [0.25, 0.3) is 6.08 Å². The lowest BCUT2D eigenvalue weighted by molar-refractivity contribution is -0.384. The summed E-state index contributed by atoms with van der Waals surface area (Å²) in [6.45, 7) is -0.287. The molecular weight excluding hydrogens is 499 g/mol. The highest BCUT2D eigenvalue weighted by molar-refractivity contribution is 8.18. The van der Waals surface area contributed by atoms with Gasteiger partial charge in [0.25, 0.3) is 16.8 Å². The van der Waals surface area contributed by atoms with E-state index >= 15 is 0 Å². The van der Waals surface area contributed by atoms with Gasteiger partial charge in [0.05, 0.1) is 21.9 Å². The number of imide groups is 1. The van der Waals surface area contributed by atoms with Gasteiger partial charge in [-0.3, -0.25) is 24.6 Å². The number of thioether (sulfide) groups is 1. The van der Waals surface area contributed by atoms with Crippen molar-refractivity contribution < 1.29 is 28.4 Å². The smallest absolute Gasteiger partial charge is 0.343 e. The minimum absolute atomic E-state index is 0.0527. The van der Waals surface area contributed by atoms with Gasteiger partial charge in [-0.2, -0.15) is 0 Å². The third kappa shape index (κ3) is 5.39. The first kappa shape index (κ1) is 24.1. The first-order valence-electron chi connectivity index (χ1n) is 9.98. The molecule has 0 saturated carbocycles. The highest BCUT2D eigenvalue weighted by Crippen LogP contribution is 2.34. The van der Waals surface area contributed by atoms with E-state index in [9.17, 15) is 28.9 Å². The molecule has 4 rings (SSSR count). The standard InChI is InChI=1S/C24H14ClFN2O6S/c25-19-2-1-3-20(26)18(19)13-27-22(29)21(35-24(27)31)12-14-4-10-17(11-5-14)34-23(30)15-6-8-16(9-7-15)28(32)33/h1-12H,13H2/b21-12-. The summed E-state index contributed by atoms with van der Waals surface area (Å²) in [5, 5.41) is 10.3. The zero-order chi connectivity index (χ0) is 25.1. The molecular formula is C24H14ClFN2O6S. The highest BCUT2D eigenvalue weighted by atomic mass is 35.5. The lowest BCUT2D eigenvalue weighted by atomic mass is 10.2. The zero-order valence-corrected chi connectivity index (χ0v) is 19.2. The van der Waals surface area contributed by atoms with Crippen LogP contribution in [0.4, 0.5) is 14.9 Å². The van der Waals surface area contributed by atoms with E-state index < -0.39 is 27.9 Å². The van der Waals surface area contributed by atoms with Crippen molar-refractivity contribution >= 4 is 52.2 Å². The lowest BCUT2D eigenvalue weighted by Gasteiger charge is -2.14. The number of hydrogen-bond donors (Lipinski definition) is 0. The summed E-state index contributed by atoms with van der Waals surface area (Å²) in [5.41, 5.74) is 0.613. The fraction of sp³-hybridized carbons (Fsp3) is 0.0417. The molecule has 0 radical (unpaired) electrons. The number of nitrogens with zero attached hydrogens (tertiary/aromatic N) is 2. The molecule has 1 saturated heterocycles. The van der Waals surface area contributed by atoms with Gasteiger partial charge < -0.3 is 4.74 Å². The summed E-state index contributed by atoms with van der Waals surface area (Å²) in [7, 11) is 0. The number of non-ortho nitro benzene ring substituents is 1. The summed E-state index contributed by atoms with van der Waals surface area (Å²) in [4.78, 5) is 48.5. The van der Waals surface area contributed by atoms with Crippen molar-refractivity contribution in [2.24, 2.45) is 0 Å². The molecule has 11 heteroatoms. The Balaban J connectivity index is 1.44. The zero-order valence-electron chi connectivity index (χ0n) is 17.6. The Morgan fingerprint density at radius 3 is 2.40 bits per heavy atom. The molecule has 2 amide bonds. The van der Waals surface area contributed by atoms with E-state index in [1.807, 2.05) is 0 Å². The minimum atomic E-state index is -0.694. The Kier molecular flexibility index (Phi) is 6.94. The molecule has 0 spiro atoms. The molecule has 0 N–H and O–H groups in total. The number of ether oxygens (including phenoxy) is 1. The molecule has 1 fully saturated rings. The summed E-state index contributed by atoms with van der Waals surface area (Å²) in [6, 6.07) is 15.3. The van der Waals surface area contributed by atoms with Crippen molar-refractivity contribution in [1.29, 1.82) is 0 Å². The number of esters is 1. The van der Waals surface area contributed by atoms with Crippen molar-refractivity contribution in [2.75, 3.05) is 0 Å². The summed E-state index contributed by atoms with van der Waals surface area (Å²) < 4.78 is 19.3. The van der Waals surface area contributed by atoms with E-state index in [1.54, 1.807) is 12.1 Å². The molecule has 0 aromatic heterocycles. The second kappa shape index (κ2) is 10.1. The number of rotatable bonds is 6. The molecule has 3 aromatic rings. The van der Waals surface area contributed by atoms with E-state index in [0.717, 1.165) is 16.7 Å². The Morgan fingerprint density at radius 1 is 1.09 bits per heavy atom. The summed E-state index contributed by atoms with van der Waals surface area (Å²) in [6.07, 6.45) is 1.50. The van der Waals surface area contributed by atoms with Crippen LogP contribution in [0.5, 0.6) is 5.75 Å². The molecule has 1 aliphatic heterocycles. The van der Waals surface area contributed by atoms with Crippen molar-refractivity contribution in [2.45, 2.75) is 6.54 Å². The Bertz CT molecular complexity index is 1360. The van der Waals surface area contributed by atoms with Crippen LogP contribution in [-0.2, 0) is 11.3 Å². The first-order chi connectivity index (χ1) is 16.7. The van der Waals surface area contributed by atoms with Gasteiger partial charge in [-0.05, 0) is 59.8 Å². The van der Waals surface area contributed by atoms with Crippen LogP contribution in [0.15, 0.2) is 71.6 Å². The average molecular weight is 513 g/mol. The molecule has 3 aromatic carbocycles. The third-order valence-electron chi connectivity index (χ3n) is 4.95. The SMILES string of the molecule is O=C(Oc1ccc(/C=C2\SC(=O)N(Cc3c(F)cccc3Cl)C2=O)cc1)c1ccc([N+](=O)[O-])cc1. The van der Waals surface area contributed by atoms with E-state index in [1.165, 1.54) is 60.7 Å². The summed E-state index contributed by atoms with van der Waals surface area (Å²) >= 11 is 6.73. The maximum absolute atomic E-state index is 14.1. The van der Waals surface area contributed by atoms with Gasteiger partial charge in [0.2, 0.25) is 0 Å². The molecule has 176 valence electrons. The lowest BCUT2D eigenvalue weighted by Crippen LogP contribution is -2.28. The number of carbonyl (C=O) groups excluding carboxylic acids is 3. The van der Waals surface area contributed by atoms with Crippen molar-refractivity contribution in [3.63, 3.8) is 0 Å². The van der Waals surface area contributed by atoms with E-state index in [0.29, 0.717) is 5.56 Å². The predicted molar refractivity (Wildman–Crippen MR) is 127 cm³/mol. The first-order valence-corrected chi connectivity index (χ1v) is 11.2. The van der Waals surface area contributed by atoms with Crippen LogP contribution >= 0.6 is 23.4 Å². The topological polar surface area (TPSA) is 107 Å². The molecule has 35 heavy (non-hydrogen) atoms. The van der Waals surface area contributed by atoms with Crippen LogP contribution in [-0.4, -0.2) is 26.9 Å². The number of nitro benzene ring substituents is 1. The average Bonchev–Trinajstić information content (AvgIpc) is 3.09. The van der Waals surface area contributed by atoms with Crippen LogP contribution in [0, 0.1) is 15.9 Å². The minimum Gasteiger partial charge on any atom is -0.423 e. The Hall–Kier alpha value is -4.02. The summed E-state index contributed by atoms with van der Waals surface area (Å²) in [5.74, 6) is -1.67. The maximum atomic E-state index is 14.1. The number of nitro groups is 1. The fourth-order valence-corrected chi connectivity index (χ4v) is 4.21. The van der Waals surface area contributed by atoms with Gasteiger partial charge in [-0.25, -0.2) is 9.18 Å². The van der Waals surface area contributed by atoms with Crippen molar-refractivity contribution in [3.05, 3.63) is 109 Å². The van der Waals surface area contributed by atoms with Crippen LogP contribution in [0.2, 0.25) is 5.02 Å². The quantitative estimate of drug-likeness (QED) is 0.134. The third-order valence-corrected chi connectivity index (χ3v) is 6.22. The van der Waals surface area contributed by atoms with Crippen LogP contribution in [0.3, 0.4) is 0 Å². The predicted octanol–water partition coefficient (Wildman–Crippen LogP) is 5.84. The normalized spacial score (nSPS) is 14.5. The largest absolute Gasteiger partial charge is 0.423 e. The van der Waals surface area contributed by atoms with E-state index in [4.69, 9.17) is 16.3 Å². The molecule has 1 aliphatic rings. The van der Waals surface area contributed by atoms with Gasteiger partial charge in [-0.1, -0.05) is 29.8 Å². The molecule has 8 nitrogen and oxygen atoms in total. The molecule has 0 atom stereocenters. The molecule has 0 unspecified atom stereocenters. The molecule has 0 aliphatic carbocycles. The number of hydrogen-bond acceptors (Lipinski definition) is 7. The Morgan fingerprint density at radius 2 is 1.77 bits per heavy atom. The van der Waals surface area contributed by atoms with Gasteiger partial charge in [0, 0.05) is 22.7 Å². The van der Waals surface area contributed by atoms with Gasteiger partial charge in [0.15, 0.2) is 0 Å². The highest BCUT2D eigenvalue weighted by Gasteiger charge is 2.35. The van der Waals surface area contributed by atoms with E-state index in [-0.39, 0.29) is 39.0 Å². The number of carbonyl (C=O) groups is 3. The van der Waals surface area contributed by atoms with Gasteiger partial charge in [0.1, 0.15) is 11.6 Å². The monoisotopic (exact) mass is 512 g/mol.